The summed E-state index contributed by atoms with van der Waals surface area (Å²) < 4.78 is 49.5. The molecule has 1 aliphatic carbocycles. The van der Waals surface area contributed by atoms with Gasteiger partial charge in [-0.15, -0.1) is 0 Å². The molecule has 0 saturated heterocycles. The summed E-state index contributed by atoms with van der Waals surface area (Å²) in [6.45, 7) is 0.160. The summed E-state index contributed by atoms with van der Waals surface area (Å²) in [7, 11) is 0. The maximum absolute atomic E-state index is 13.0. The first-order valence-electron chi connectivity index (χ1n) is 6.77. The van der Waals surface area contributed by atoms with E-state index in [1.165, 1.54) is 0 Å². The predicted octanol–water partition coefficient (Wildman–Crippen LogP) is 3.95. The summed E-state index contributed by atoms with van der Waals surface area (Å²) in [5, 5.41) is 3.01. The second kappa shape index (κ2) is 5.07. The number of rotatable bonds is 2. The van der Waals surface area contributed by atoms with Crippen LogP contribution < -0.4 is 14.8 Å². The monoisotopic (exact) mass is 287 g/mol. The standard InChI is InChI=1S/C14H16F3NO2/c15-14(16,17)10-3-1-2-4-11(10)18-9-5-6-12-13(7-9)20-8-19-12/h5-7,10-11,18H,1-4,8H2. The Balaban J connectivity index is 1.75. The highest BCUT2D eigenvalue weighted by molar-refractivity contribution is 5.56. The van der Waals surface area contributed by atoms with Crippen LogP contribution in [0.4, 0.5) is 18.9 Å². The molecule has 110 valence electrons. The molecule has 0 amide bonds. The van der Waals surface area contributed by atoms with Gasteiger partial charge in [0.25, 0.3) is 0 Å². The minimum absolute atomic E-state index is 0.160. The van der Waals surface area contributed by atoms with Crippen molar-refractivity contribution in [1.29, 1.82) is 0 Å². The molecule has 6 heteroatoms. The molecule has 2 unspecified atom stereocenters. The number of nitrogens with one attached hydrogen (secondary N) is 1. The summed E-state index contributed by atoms with van der Waals surface area (Å²) in [5.74, 6) is -0.0670. The van der Waals surface area contributed by atoms with Gasteiger partial charge in [0.05, 0.1) is 5.92 Å². The van der Waals surface area contributed by atoms with E-state index in [9.17, 15) is 13.2 Å². The Morgan fingerprint density at radius 3 is 2.60 bits per heavy atom. The summed E-state index contributed by atoms with van der Waals surface area (Å²) in [6, 6.07) is 4.58. The normalized spacial score (nSPS) is 25.6. The van der Waals surface area contributed by atoms with Crippen molar-refractivity contribution in [3.8, 4) is 11.5 Å². The van der Waals surface area contributed by atoms with E-state index in [1.807, 2.05) is 0 Å². The van der Waals surface area contributed by atoms with Gasteiger partial charge < -0.3 is 14.8 Å². The molecule has 0 bridgehead atoms. The molecule has 2 aliphatic rings. The molecule has 1 aromatic rings. The van der Waals surface area contributed by atoms with Crippen molar-refractivity contribution in [3.05, 3.63) is 18.2 Å². The number of anilines is 1. The van der Waals surface area contributed by atoms with Crippen LogP contribution in [0.2, 0.25) is 0 Å². The fraction of sp³-hybridized carbons (Fsp3) is 0.571. The third kappa shape index (κ3) is 2.64. The number of ether oxygens (including phenoxy) is 2. The fourth-order valence-electron chi connectivity index (χ4n) is 2.90. The summed E-state index contributed by atoms with van der Waals surface area (Å²) >= 11 is 0. The molecule has 3 rings (SSSR count). The Bertz CT molecular complexity index is 490. The van der Waals surface area contributed by atoms with E-state index in [4.69, 9.17) is 9.47 Å². The van der Waals surface area contributed by atoms with Crippen LogP contribution in [0, 0.1) is 5.92 Å². The van der Waals surface area contributed by atoms with Gasteiger partial charge in [0.2, 0.25) is 6.79 Å². The second-order valence-corrected chi connectivity index (χ2v) is 5.25. The van der Waals surface area contributed by atoms with Gasteiger partial charge >= 0.3 is 6.18 Å². The van der Waals surface area contributed by atoms with Crippen LogP contribution in [-0.4, -0.2) is 19.0 Å². The van der Waals surface area contributed by atoms with Crippen molar-refractivity contribution in [1.82, 2.24) is 0 Å². The smallest absolute Gasteiger partial charge is 0.393 e. The van der Waals surface area contributed by atoms with Crippen molar-refractivity contribution in [3.63, 3.8) is 0 Å². The maximum Gasteiger partial charge on any atom is 0.393 e. The molecule has 2 atom stereocenters. The molecule has 0 spiro atoms. The van der Waals surface area contributed by atoms with Gasteiger partial charge in [0.15, 0.2) is 11.5 Å². The Labute approximate surface area is 115 Å². The summed E-state index contributed by atoms with van der Waals surface area (Å²) in [5.41, 5.74) is 0.649. The lowest BCUT2D eigenvalue weighted by atomic mass is 9.84. The van der Waals surface area contributed by atoms with Gasteiger partial charge in [0, 0.05) is 17.8 Å². The van der Waals surface area contributed by atoms with Crippen LogP contribution in [0.25, 0.3) is 0 Å². The molecule has 1 aliphatic heterocycles. The van der Waals surface area contributed by atoms with Crippen LogP contribution in [0.15, 0.2) is 18.2 Å². The highest BCUT2D eigenvalue weighted by Crippen LogP contribution is 2.40. The van der Waals surface area contributed by atoms with Crippen LogP contribution in [0.1, 0.15) is 25.7 Å². The van der Waals surface area contributed by atoms with Crippen LogP contribution in [0.3, 0.4) is 0 Å². The number of hydrogen-bond acceptors (Lipinski definition) is 3. The lowest BCUT2D eigenvalue weighted by Gasteiger charge is -2.34. The van der Waals surface area contributed by atoms with E-state index in [0.717, 1.165) is 6.42 Å². The lowest BCUT2D eigenvalue weighted by molar-refractivity contribution is -0.184. The van der Waals surface area contributed by atoms with Crippen molar-refractivity contribution in [2.45, 2.75) is 37.9 Å². The molecule has 1 saturated carbocycles. The van der Waals surface area contributed by atoms with Crippen molar-refractivity contribution in [2.24, 2.45) is 5.92 Å². The van der Waals surface area contributed by atoms with Crippen molar-refractivity contribution in [2.75, 3.05) is 12.1 Å². The molecule has 20 heavy (non-hydrogen) atoms. The Kier molecular flexibility index (Phi) is 3.40. The molecule has 1 heterocycles. The summed E-state index contributed by atoms with van der Waals surface area (Å²) in [4.78, 5) is 0. The molecule has 3 nitrogen and oxygen atoms in total. The van der Waals surface area contributed by atoms with Gasteiger partial charge in [-0.2, -0.15) is 13.2 Å². The van der Waals surface area contributed by atoms with Crippen LogP contribution >= 0.6 is 0 Å². The van der Waals surface area contributed by atoms with E-state index >= 15 is 0 Å². The van der Waals surface area contributed by atoms with E-state index < -0.39 is 18.1 Å². The largest absolute Gasteiger partial charge is 0.454 e. The van der Waals surface area contributed by atoms with Gasteiger partial charge in [-0.05, 0) is 25.0 Å². The minimum Gasteiger partial charge on any atom is -0.454 e. The number of hydrogen-bond donors (Lipinski definition) is 1. The highest BCUT2D eigenvalue weighted by atomic mass is 19.4. The number of halogens is 3. The Morgan fingerprint density at radius 2 is 1.80 bits per heavy atom. The topological polar surface area (TPSA) is 30.5 Å². The SMILES string of the molecule is FC(F)(F)C1CCCCC1Nc1ccc2c(c1)OCO2. The first-order valence-corrected chi connectivity index (χ1v) is 6.77. The third-order valence-corrected chi connectivity index (χ3v) is 3.91. The zero-order valence-corrected chi connectivity index (χ0v) is 10.9. The van der Waals surface area contributed by atoms with Gasteiger partial charge in [-0.3, -0.25) is 0 Å². The van der Waals surface area contributed by atoms with E-state index in [0.29, 0.717) is 30.0 Å². The van der Waals surface area contributed by atoms with Crippen molar-refractivity contribution < 1.29 is 22.6 Å². The zero-order valence-electron chi connectivity index (χ0n) is 10.9. The van der Waals surface area contributed by atoms with Crippen LogP contribution in [0.5, 0.6) is 11.5 Å². The molecule has 0 aromatic heterocycles. The van der Waals surface area contributed by atoms with Crippen molar-refractivity contribution >= 4 is 5.69 Å². The average Bonchev–Trinajstić information content (AvgIpc) is 2.85. The van der Waals surface area contributed by atoms with Crippen LogP contribution in [-0.2, 0) is 0 Å². The number of fused-ring (bicyclic) bond motifs is 1. The van der Waals surface area contributed by atoms with E-state index in [-0.39, 0.29) is 13.2 Å². The Hall–Kier alpha value is -1.59. The minimum atomic E-state index is -4.14. The lowest BCUT2D eigenvalue weighted by Crippen LogP contribution is -2.41. The zero-order chi connectivity index (χ0) is 14.2. The molecular weight excluding hydrogens is 271 g/mol. The third-order valence-electron chi connectivity index (χ3n) is 3.91. The Morgan fingerprint density at radius 1 is 1.05 bits per heavy atom. The quantitative estimate of drug-likeness (QED) is 0.893. The van der Waals surface area contributed by atoms with Gasteiger partial charge in [-0.1, -0.05) is 12.8 Å². The number of benzene rings is 1. The van der Waals surface area contributed by atoms with Gasteiger partial charge in [-0.25, -0.2) is 0 Å². The molecule has 1 N–H and O–H groups in total. The van der Waals surface area contributed by atoms with E-state index in [1.54, 1.807) is 18.2 Å². The molecule has 1 fully saturated rings. The molecule has 0 radical (unpaired) electrons. The average molecular weight is 287 g/mol. The fourth-order valence-corrected chi connectivity index (χ4v) is 2.90. The van der Waals surface area contributed by atoms with Gasteiger partial charge in [0.1, 0.15) is 0 Å². The maximum atomic E-state index is 13.0. The molecular formula is C14H16F3NO2. The highest BCUT2D eigenvalue weighted by Gasteiger charge is 2.45. The predicted molar refractivity (Wildman–Crippen MR) is 68.0 cm³/mol. The first-order chi connectivity index (χ1) is 9.54. The van der Waals surface area contributed by atoms with E-state index in [2.05, 4.69) is 5.32 Å². The summed E-state index contributed by atoms with van der Waals surface area (Å²) in [6.07, 6.45) is -1.93. The molecule has 1 aromatic carbocycles. The first kappa shape index (κ1) is 13.4. The second-order valence-electron chi connectivity index (χ2n) is 5.25. The number of alkyl halides is 3.